The first-order chi connectivity index (χ1) is 19.6. The van der Waals surface area contributed by atoms with Gasteiger partial charge in [0.2, 0.25) is 0 Å². The Balaban J connectivity index is 3.04. The molecule has 40 heavy (non-hydrogen) atoms. The molecule has 0 aromatic carbocycles. The van der Waals surface area contributed by atoms with Gasteiger partial charge in [0, 0.05) is 0 Å². The molecule has 0 radical (unpaired) electrons. The van der Waals surface area contributed by atoms with Crippen molar-refractivity contribution in [2.24, 2.45) is 0 Å². The van der Waals surface area contributed by atoms with Crippen LogP contribution >= 0.6 is 0 Å². The maximum Gasteiger partial charge on any atom is 0.183 e. The van der Waals surface area contributed by atoms with Gasteiger partial charge in [-0.25, -0.2) is 0 Å². The van der Waals surface area contributed by atoms with Crippen LogP contribution in [0.25, 0.3) is 0 Å². The third kappa shape index (κ3) is 37.3. The zero-order chi connectivity index (χ0) is 29.2. The van der Waals surface area contributed by atoms with Crippen LogP contribution in [0.4, 0.5) is 0 Å². The van der Waals surface area contributed by atoms with Crippen molar-refractivity contribution in [2.75, 3.05) is 145 Å². The van der Waals surface area contributed by atoms with E-state index in [1.165, 1.54) is 6.26 Å². The molecule has 0 spiro atoms. The molecule has 0 aromatic heterocycles. The molecule has 0 aliphatic rings. The van der Waals surface area contributed by atoms with E-state index in [4.69, 9.17) is 56.5 Å². The van der Waals surface area contributed by atoms with E-state index in [2.05, 4.69) is 26.2 Å². The largest absolute Gasteiger partial charge is 0.499 e. The highest BCUT2D eigenvalue weighted by Gasteiger charge is 2.13. The molecule has 0 atom stereocenters. The molecule has 0 unspecified atom stereocenters. The van der Waals surface area contributed by atoms with E-state index < -0.39 is 8.32 Å². The molecule has 0 rings (SSSR count). The quantitative estimate of drug-likeness (QED) is 0.0604. The lowest BCUT2D eigenvalue weighted by Gasteiger charge is -2.16. The fraction of sp³-hybridized carbons (Fsp3) is 0.926. The van der Waals surface area contributed by atoms with Crippen molar-refractivity contribution in [1.29, 1.82) is 0 Å². The Kier molecular flexibility index (Phi) is 32.3. The van der Waals surface area contributed by atoms with Crippen LogP contribution in [0.3, 0.4) is 0 Å². The van der Waals surface area contributed by atoms with E-state index in [0.717, 1.165) is 0 Å². The van der Waals surface area contributed by atoms with Crippen molar-refractivity contribution < 1.29 is 56.5 Å². The van der Waals surface area contributed by atoms with Gasteiger partial charge in [-0.1, -0.05) is 6.58 Å². The number of hydrogen-bond donors (Lipinski definition) is 0. The first-order valence-corrected chi connectivity index (χ1v) is 17.6. The monoisotopic (exact) mass is 600 g/mol. The second kappa shape index (κ2) is 32.8. The maximum atomic E-state index is 5.71. The van der Waals surface area contributed by atoms with Gasteiger partial charge in [0.1, 0.15) is 6.61 Å². The van der Waals surface area contributed by atoms with E-state index in [1.54, 1.807) is 0 Å². The van der Waals surface area contributed by atoms with Gasteiger partial charge in [0.25, 0.3) is 0 Å². The van der Waals surface area contributed by atoms with Crippen molar-refractivity contribution in [3.63, 3.8) is 0 Å². The average molecular weight is 601 g/mol. The van der Waals surface area contributed by atoms with Gasteiger partial charge in [-0.15, -0.1) is 0 Å². The van der Waals surface area contributed by atoms with Crippen LogP contribution in [-0.2, 0) is 56.5 Å². The second-order valence-corrected chi connectivity index (χ2v) is 13.6. The Hall–Kier alpha value is -0.683. The SMILES string of the molecule is C=COCCOCCOCCOCCOCCOCCOCCOCCOCCOCCOCCO[Si](C)(C)C. The lowest BCUT2D eigenvalue weighted by atomic mass is 10.6. The molecule has 0 heterocycles. The summed E-state index contributed by atoms with van der Waals surface area (Å²) in [5.74, 6) is 0. The zero-order valence-corrected chi connectivity index (χ0v) is 26.2. The van der Waals surface area contributed by atoms with Crippen molar-refractivity contribution in [1.82, 2.24) is 0 Å². The third-order valence-electron chi connectivity index (χ3n) is 4.57. The third-order valence-corrected chi connectivity index (χ3v) is 5.64. The molecule has 13 heteroatoms. The van der Waals surface area contributed by atoms with Gasteiger partial charge in [-0.05, 0) is 19.6 Å². The summed E-state index contributed by atoms with van der Waals surface area (Å²) in [6.07, 6.45) is 1.40. The predicted molar refractivity (Wildman–Crippen MR) is 154 cm³/mol. The summed E-state index contributed by atoms with van der Waals surface area (Å²) < 4.78 is 65.0. The fourth-order valence-corrected chi connectivity index (χ4v) is 3.37. The summed E-state index contributed by atoms with van der Waals surface area (Å²) in [4.78, 5) is 0. The van der Waals surface area contributed by atoms with Gasteiger partial charge >= 0.3 is 0 Å². The average Bonchev–Trinajstić information content (AvgIpc) is 2.92. The molecule has 0 amide bonds. The summed E-state index contributed by atoms with van der Waals surface area (Å²) >= 11 is 0. The lowest BCUT2D eigenvalue weighted by Crippen LogP contribution is -2.27. The number of hydrogen-bond acceptors (Lipinski definition) is 12. The Bertz CT molecular complexity index is 497. The van der Waals surface area contributed by atoms with Gasteiger partial charge in [0.15, 0.2) is 8.32 Å². The zero-order valence-electron chi connectivity index (χ0n) is 25.2. The lowest BCUT2D eigenvalue weighted by molar-refractivity contribution is -0.0271. The number of ether oxygens (including phenoxy) is 11. The highest BCUT2D eigenvalue weighted by Crippen LogP contribution is 2.01. The molecule has 240 valence electrons. The Morgan fingerprint density at radius 1 is 0.350 bits per heavy atom. The second-order valence-electron chi connectivity index (χ2n) is 9.12. The Morgan fingerprint density at radius 2 is 0.550 bits per heavy atom. The highest BCUT2D eigenvalue weighted by molar-refractivity contribution is 6.69. The van der Waals surface area contributed by atoms with E-state index in [0.29, 0.717) is 145 Å². The molecule has 0 bridgehead atoms. The number of rotatable bonds is 35. The van der Waals surface area contributed by atoms with E-state index >= 15 is 0 Å². The van der Waals surface area contributed by atoms with Crippen LogP contribution in [0, 0.1) is 0 Å². The molecular formula is C27H56O12Si. The van der Waals surface area contributed by atoms with Gasteiger partial charge in [-0.2, -0.15) is 0 Å². The summed E-state index contributed by atoms with van der Waals surface area (Å²) in [7, 11) is -1.45. The van der Waals surface area contributed by atoms with Gasteiger partial charge in [-0.3, -0.25) is 0 Å². The van der Waals surface area contributed by atoms with E-state index in [-0.39, 0.29) is 0 Å². The van der Waals surface area contributed by atoms with Crippen LogP contribution in [0.15, 0.2) is 12.8 Å². The minimum atomic E-state index is -1.45. The Morgan fingerprint density at radius 3 is 0.750 bits per heavy atom. The van der Waals surface area contributed by atoms with Crippen LogP contribution < -0.4 is 0 Å². The molecule has 0 saturated carbocycles. The first kappa shape index (κ1) is 39.3. The Labute approximate surface area is 242 Å². The van der Waals surface area contributed by atoms with Crippen molar-refractivity contribution >= 4 is 8.32 Å². The molecule has 0 aromatic rings. The summed E-state index contributed by atoms with van der Waals surface area (Å²) in [5.41, 5.74) is 0. The fourth-order valence-electron chi connectivity index (χ4n) is 2.68. The maximum absolute atomic E-state index is 5.71. The topological polar surface area (TPSA) is 111 Å². The molecule has 0 aliphatic heterocycles. The first-order valence-electron chi connectivity index (χ1n) is 14.2. The summed E-state index contributed by atoms with van der Waals surface area (Å²) in [5, 5.41) is 0. The van der Waals surface area contributed by atoms with Crippen molar-refractivity contribution in [2.45, 2.75) is 19.6 Å². The van der Waals surface area contributed by atoms with Gasteiger partial charge < -0.3 is 56.5 Å². The summed E-state index contributed by atoms with van der Waals surface area (Å²) in [6, 6.07) is 0. The molecule has 12 nitrogen and oxygen atoms in total. The highest BCUT2D eigenvalue weighted by atomic mass is 28.4. The van der Waals surface area contributed by atoms with E-state index in [1.807, 2.05) is 0 Å². The van der Waals surface area contributed by atoms with Crippen molar-refractivity contribution in [3.8, 4) is 0 Å². The molecule has 0 N–H and O–H groups in total. The predicted octanol–water partition coefficient (Wildman–Crippen LogP) is 2.16. The summed E-state index contributed by atoms with van der Waals surface area (Å²) in [6.45, 7) is 21.7. The smallest absolute Gasteiger partial charge is 0.183 e. The standard InChI is InChI=1S/C27H56O12Si/c1-5-28-6-7-29-8-9-30-10-11-31-12-13-32-14-15-33-16-17-34-18-19-35-20-21-36-22-23-37-24-25-38-26-27-39-40(2,3)4/h5H,1,6-27H2,2-4H3. The van der Waals surface area contributed by atoms with Crippen LogP contribution in [0.5, 0.6) is 0 Å². The van der Waals surface area contributed by atoms with Crippen molar-refractivity contribution in [3.05, 3.63) is 12.8 Å². The van der Waals surface area contributed by atoms with Gasteiger partial charge in [0.05, 0.1) is 145 Å². The minimum Gasteiger partial charge on any atom is -0.499 e. The van der Waals surface area contributed by atoms with Crippen LogP contribution in [0.1, 0.15) is 0 Å². The molecule has 0 aliphatic carbocycles. The molecule has 0 fully saturated rings. The van der Waals surface area contributed by atoms with Crippen LogP contribution in [0.2, 0.25) is 19.6 Å². The minimum absolute atomic E-state index is 0.504. The van der Waals surface area contributed by atoms with E-state index in [9.17, 15) is 0 Å². The molecule has 0 saturated heterocycles. The normalized spacial score (nSPS) is 11.8. The molecular weight excluding hydrogens is 544 g/mol. The van der Waals surface area contributed by atoms with Crippen LogP contribution in [-0.4, -0.2) is 154 Å².